The van der Waals surface area contributed by atoms with E-state index in [-0.39, 0.29) is 0 Å². The zero-order valence-corrected chi connectivity index (χ0v) is 6.00. The first-order valence-corrected chi connectivity index (χ1v) is 3.61. The molecule has 1 aliphatic heterocycles. The van der Waals surface area contributed by atoms with Crippen LogP contribution in [0.2, 0.25) is 6.82 Å². The van der Waals surface area contributed by atoms with E-state index in [0.29, 0.717) is 6.92 Å². The van der Waals surface area contributed by atoms with Gasteiger partial charge in [0.2, 0.25) is 0 Å². The Morgan fingerprint density at radius 3 is 3.00 bits per heavy atom. The van der Waals surface area contributed by atoms with Crippen molar-refractivity contribution >= 4 is 6.92 Å². The van der Waals surface area contributed by atoms with Crippen LogP contribution in [0, 0.1) is 0 Å². The van der Waals surface area contributed by atoms with E-state index in [1.165, 1.54) is 5.56 Å². The zero-order valence-electron chi connectivity index (χ0n) is 6.00. The molecule has 0 aromatic heterocycles. The van der Waals surface area contributed by atoms with Crippen LogP contribution in [-0.2, 0) is 6.32 Å². The predicted molar refractivity (Wildman–Crippen MR) is 42.4 cm³/mol. The minimum absolute atomic E-state index is 0.373. The van der Waals surface area contributed by atoms with Gasteiger partial charge in [-0.25, -0.2) is 0 Å². The Morgan fingerprint density at radius 2 is 2.20 bits per heavy atom. The van der Waals surface area contributed by atoms with Crippen LogP contribution >= 0.6 is 0 Å². The Balaban J connectivity index is 2.42. The molecule has 1 aromatic rings. The molecule has 0 fully saturated rings. The van der Waals surface area contributed by atoms with Gasteiger partial charge < -0.3 is 4.65 Å². The normalized spacial score (nSPS) is 14.7. The maximum absolute atomic E-state index is 5.51. The molecule has 0 N–H and O–H groups in total. The Labute approximate surface area is 61.1 Å². The van der Waals surface area contributed by atoms with Gasteiger partial charge in [-0.05, 0) is 24.8 Å². The summed E-state index contributed by atoms with van der Waals surface area (Å²) in [5, 5.41) is 0. The lowest BCUT2D eigenvalue weighted by atomic mass is 9.68. The highest BCUT2D eigenvalue weighted by Crippen LogP contribution is 2.25. The van der Waals surface area contributed by atoms with Crippen molar-refractivity contribution in [3.8, 4) is 5.75 Å². The van der Waals surface area contributed by atoms with Crippen LogP contribution in [-0.4, -0.2) is 6.92 Å². The number of fused-ring (bicyclic) bond motifs is 1. The molecule has 0 unspecified atom stereocenters. The van der Waals surface area contributed by atoms with Crippen LogP contribution in [0.5, 0.6) is 5.75 Å². The summed E-state index contributed by atoms with van der Waals surface area (Å²) in [5.74, 6) is 1.06. The number of benzene rings is 1. The lowest BCUT2D eigenvalue weighted by molar-refractivity contribution is 0.595. The fourth-order valence-corrected chi connectivity index (χ4v) is 1.36. The average Bonchev–Trinajstić information content (AvgIpc) is 2.27. The van der Waals surface area contributed by atoms with E-state index in [4.69, 9.17) is 4.65 Å². The Hall–Kier alpha value is -0.915. The van der Waals surface area contributed by atoms with Crippen molar-refractivity contribution in [1.29, 1.82) is 0 Å². The van der Waals surface area contributed by atoms with Crippen molar-refractivity contribution in [3.63, 3.8) is 0 Å². The highest BCUT2D eigenvalue weighted by atomic mass is 16.4. The van der Waals surface area contributed by atoms with Crippen molar-refractivity contribution in [2.45, 2.75) is 13.1 Å². The third-order valence-electron chi connectivity index (χ3n) is 1.81. The van der Waals surface area contributed by atoms with Gasteiger partial charge in [-0.2, -0.15) is 0 Å². The molecular formula is C8H9BO. The highest BCUT2D eigenvalue weighted by Gasteiger charge is 2.21. The van der Waals surface area contributed by atoms with E-state index in [0.717, 1.165) is 12.1 Å². The van der Waals surface area contributed by atoms with Crippen molar-refractivity contribution in [2.75, 3.05) is 0 Å². The second-order valence-electron chi connectivity index (χ2n) is 2.74. The number of hydrogen-bond donors (Lipinski definition) is 0. The molecule has 0 atom stereocenters. The van der Waals surface area contributed by atoms with Crippen LogP contribution in [0.4, 0.5) is 0 Å². The second-order valence-corrected chi connectivity index (χ2v) is 2.74. The molecule has 10 heavy (non-hydrogen) atoms. The fourth-order valence-electron chi connectivity index (χ4n) is 1.36. The zero-order chi connectivity index (χ0) is 6.97. The standard InChI is InChI=1S/C8H9BO/c1-9-6-7-4-2-3-5-8(7)10-9/h2-5H,6H2,1H3. The van der Waals surface area contributed by atoms with Crippen LogP contribution in [0.3, 0.4) is 0 Å². The maximum Gasteiger partial charge on any atom is 0.359 e. The lowest BCUT2D eigenvalue weighted by Crippen LogP contribution is -2.12. The first-order chi connectivity index (χ1) is 4.86. The molecular weight excluding hydrogens is 123 g/mol. The lowest BCUT2D eigenvalue weighted by Gasteiger charge is -1.98. The molecule has 1 heterocycles. The summed E-state index contributed by atoms with van der Waals surface area (Å²) >= 11 is 0. The molecule has 2 rings (SSSR count). The smallest absolute Gasteiger partial charge is 0.359 e. The summed E-state index contributed by atoms with van der Waals surface area (Å²) in [4.78, 5) is 0. The highest BCUT2D eigenvalue weighted by molar-refractivity contribution is 6.51. The molecule has 1 nitrogen and oxygen atoms in total. The molecule has 0 saturated heterocycles. The van der Waals surface area contributed by atoms with Gasteiger partial charge in [0.25, 0.3) is 0 Å². The monoisotopic (exact) mass is 132 g/mol. The van der Waals surface area contributed by atoms with Gasteiger partial charge in [0.05, 0.1) is 0 Å². The molecule has 0 amide bonds. The van der Waals surface area contributed by atoms with Gasteiger partial charge in [-0.15, -0.1) is 0 Å². The van der Waals surface area contributed by atoms with Gasteiger partial charge in [-0.1, -0.05) is 18.2 Å². The third-order valence-corrected chi connectivity index (χ3v) is 1.81. The largest absolute Gasteiger partial charge is 0.561 e. The van der Waals surface area contributed by atoms with Gasteiger partial charge >= 0.3 is 6.92 Å². The molecule has 0 radical (unpaired) electrons. The molecule has 1 aliphatic rings. The van der Waals surface area contributed by atoms with Crippen molar-refractivity contribution in [2.24, 2.45) is 0 Å². The molecule has 2 heteroatoms. The summed E-state index contributed by atoms with van der Waals surface area (Å²) in [5.41, 5.74) is 1.34. The predicted octanol–water partition coefficient (Wildman–Crippen LogP) is 1.78. The van der Waals surface area contributed by atoms with Crippen LogP contribution in [0.25, 0.3) is 0 Å². The fraction of sp³-hybridized carbons (Fsp3) is 0.250. The Bertz CT molecular complexity index is 222. The molecule has 0 aliphatic carbocycles. The molecule has 50 valence electrons. The van der Waals surface area contributed by atoms with Gasteiger partial charge in [0.15, 0.2) is 0 Å². The minimum atomic E-state index is 0.373. The SMILES string of the molecule is CB1Cc2ccccc2O1. The Morgan fingerprint density at radius 1 is 1.40 bits per heavy atom. The van der Waals surface area contributed by atoms with Crippen molar-refractivity contribution in [1.82, 2.24) is 0 Å². The van der Waals surface area contributed by atoms with E-state index >= 15 is 0 Å². The number of rotatable bonds is 0. The summed E-state index contributed by atoms with van der Waals surface area (Å²) < 4.78 is 5.51. The summed E-state index contributed by atoms with van der Waals surface area (Å²) in [6, 6.07) is 8.22. The van der Waals surface area contributed by atoms with Crippen molar-refractivity contribution in [3.05, 3.63) is 29.8 Å². The topological polar surface area (TPSA) is 9.23 Å². The average molecular weight is 132 g/mol. The summed E-state index contributed by atoms with van der Waals surface area (Å²) in [6.07, 6.45) is 1.07. The maximum atomic E-state index is 5.51. The molecule has 0 bridgehead atoms. The van der Waals surface area contributed by atoms with E-state index in [2.05, 4.69) is 19.0 Å². The first-order valence-electron chi connectivity index (χ1n) is 3.61. The van der Waals surface area contributed by atoms with Crippen LogP contribution in [0.1, 0.15) is 5.56 Å². The van der Waals surface area contributed by atoms with Crippen LogP contribution < -0.4 is 4.65 Å². The summed E-state index contributed by atoms with van der Waals surface area (Å²) in [7, 11) is 0. The molecule has 0 spiro atoms. The van der Waals surface area contributed by atoms with E-state index in [1.54, 1.807) is 0 Å². The molecule has 1 aromatic carbocycles. The van der Waals surface area contributed by atoms with Gasteiger partial charge in [0.1, 0.15) is 5.75 Å². The first kappa shape index (κ1) is 5.84. The summed E-state index contributed by atoms with van der Waals surface area (Å²) in [6.45, 7) is 2.47. The second kappa shape index (κ2) is 2.05. The Kier molecular flexibility index (Phi) is 1.19. The number of hydrogen-bond acceptors (Lipinski definition) is 1. The van der Waals surface area contributed by atoms with Gasteiger partial charge in [0, 0.05) is 0 Å². The van der Waals surface area contributed by atoms with E-state index in [9.17, 15) is 0 Å². The van der Waals surface area contributed by atoms with E-state index < -0.39 is 0 Å². The minimum Gasteiger partial charge on any atom is -0.561 e. The number of para-hydroxylation sites is 1. The quantitative estimate of drug-likeness (QED) is 0.489. The van der Waals surface area contributed by atoms with E-state index in [1.807, 2.05) is 12.1 Å². The van der Waals surface area contributed by atoms with Crippen LogP contribution in [0.15, 0.2) is 24.3 Å². The third kappa shape index (κ3) is 0.802. The van der Waals surface area contributed by atoms with Crippen molar-refractivity contribution < 1.29 is 4.65 Å². The molecule has 0 saturated carbocycles. The van der Waals surface area contributed by atoms with Gasteiger partial charge in [-0.3, -0.25) is 0 Å².